The maximum absolute atomic E-state index is 12.9. The molecular weight excluding hydrogens is 414 g/mol. The van der Waals surface area contributed by atoms with Crippen LogP contribution in [0.15, 0.2) is 59.5 Å². The van der Waals surface area contributed by atoms with Crippen molar-refractivity contribution in [3.63, 3.8) is 0 Å². The first-order valence-electron chi connectivity index (χ1n) is 10.5. The van der Waals surface area contributed by atoms with Gasteiger partial charge in [-0.15, -0.1) is 0 Å². The molecule has 0 bridgehead atoms. The van der Waals surface area contributed by atoms with Crippen molar-refractivity contribution in [1.29, 1.82) is 10.5 Å². The van der Waals surface area contributed by atoms with E-state index in [0.29, 0.717) is 34.9 Å². The van der Waals surface area contributed by atoms with Gasteiger partial charge in [0.05, 0.1) is 34.3 Å². The Balaban J connectivity index is 1.79. The molecule has 0 fully saturated rings. The molecule has 2 heterocycles. The van der Waals surface area contributed by atoms with E-state index < -0.39 is 0 Å². The Labute approximate surface area is 191 Å². The lowest BCUT2D eigenvalue weighted by atomic mass is 9.96. The number of hydrogen-bond donors (Lipinski definition) is 0. The first kappa shape index (κ1) is 21.9. The van der Waals surface area contributed by atoms with Gasteiger partial charge in [0.25, 0.3) is 0 Å². The van der Waals surface area contributed by atoms with Gasteiger partial charge in [-0.05, 0) is 47.4 Å². The summed E-state index contributed by atoms with van der Waals surface area (Å²) >= 11 is 0. The number of benzene rings is 2. The van der Waals surface area contributed by atoms with Gasteiger partial charge in [0, 0.05) is 31.4 Å². The van der Waals surface area contributed by atoms with Crippen molar-refractivity contribution in [2.75, 3.05) is 0 Å². The van der Waals surface area contributed by atoms with Gasteiger partial charge in [0.2, 0.25) is 5.88 Å². The number of rotatable bonds is 4. The van der Waals surface area contributed by atoms with Crippen LogP contribution >= 0.6 is 0 Å². The zero-order valence-electron chi connectivity index (χ0n) is 19.0. The molecule has 2 aromatic heterocycles. The van der Waals surface area contributed by atoms with Crippen molar-refractivity contribution in [3.8, 4) is 34.9 Å². The molecule has 0 saturated carbocycles. The summed E-state index contributed by atoms with van der Waals surface area (Å²) in [5.41, 5.74) is 3.94. The van der Waals surface area contributed by atoms with Crippen molar-refractivity contribution in [2.24, 2.45) is 12.5 Å². The number of pyridine rings is 1. The lowest BCUT2D eigenvalue weighted by molar-refractivity contribution is 0.342. The average molecular weight is 438 g/mol. The third kappa shape index (κ3) is 4.35. The summed E-state index contributed by atoms with van der Waals surface area (Å²) in [6.45, 7) is 6.89. The topological polar surface area (TPSA) is 96.6 Å². The Morgan fingerprint density at radius 3 is 2.48 bits per heavy atom. The number of imidazole rings is 1. The van der Waals surface area contributed by atoms with Crippen LogP contribution in [0, 0.1) is 28.1 Å². The standard InChI is InChI=1S/C26H23N5O2/c1-26(2,3)16-31-22-8-6-18(12-23(22)30(4)25(31)32)21-13-20(7-5-19(21)15-28)33-24-11-17(14-27)9-10-29-24/h5-13H,16H2,1-4H3. The highest BCUT2D eigenvalue weighted by Gasteiger charge is 2.18. The molecule has 0 unspecified atom stereocenters. The summed E-state index contributed by atoms with van der Waals surface area (Å²) in [5.74, 6) is 0.785. The van der Waals surface area contributed by atoms with Gasteiger partial charge in [-0.3, -0.25) is 9.13 Å². The molecule has 0 aliphatic carbocycles. The minimum Gasteiger partial charge on any atom is -0.439 e. The second-order valence-electron chi connectivity index (χ2n) is 9.11. The molecule has 7 heteroatoms. The zero-order valence-corrected chi connectivity index (χ0v) is 19.0. The van der Waals surface area contributed by atoms with E-state index in [1.54, 1.807) is 46.5 Å². The Hall–Kier alpha value is -4.36. The third-order valence-electron chi connectivity index (χ3n) is 5.29. The monoisotopic (exact) mass is 437 g/mol. The lowest BCUT2D eigenvalue weighted by Gasteiger charge is -2.18. The lowest BCUT2D eigenvalue weighted by Crippen LogP contribution is -2.27. The van der Waals surface area contributed by atoms with Crippen LogP contribution in [-0.4, -0.2) is 14.1 Å². The second kappa shape index (κ2) is 8.29. The predicted molar refractivity (Wildman–Crippen MR) is 126 cm³/mol. The second-order valence-corrected chi connectivity index (χ2v) is 9.11. The van der Waals surface area contributed by atoms with Gasteiger partial charge < -0.3 is 4.74 Å². The molecule has 7 nitrogen and oxygen atoms in total. The van der Waals surface area contributed by atoms with Gasteiger partial charge in [-0.1, -0.05) is 26.8 Å². The molecule has 4 aromatic rings. The van der Waals surface area contributed by atoms with E-state index in [1.807, 2.05) is 18.2 Å². The molecule has 0 aliphatic rings. The van der Waals surface area contributed by atoms with Gasteiger partial charge >= 0.3 is 5.69 Å². The normalized spacial score (nSPS) is 11.2. The predicted octanol–water partition coefficient (Wildman–Crippen LogP) is 4.98. The SMILES string of the molecule is Cn1c(=O)n(CC(C)(C)C)c2ccc(-c3cc(Oc4cc(C#N)ccn4)ccc3C#N)cc21. The van der Waals surface area contributed by atoms with Crippen LogP contribution in [0.25, 0.3) is 22.2 Å². The first-order chi connectivity index (χ1) is 15.7. The van der Waals surface area contributed by atoms with Gasteiger partial charge in [-0.25, -0.2) is 9.78 Å². The fourth-order valence-electron chi connectivity index (χ4n) is 3.78. The van der Waals surface area contributed by atoms with Crippen LogP contribution in [0.2, 0.25) is 0 Å². The van der Waals surface area contributed by atoms with E-state index >= 15 is 0 Å². The Kier molecular flexibility index (Phi) is 5.49. The van der Waals surface area contributed by atoms with Crippen LogP contribution < -0.4 is 10.4 Å². The summed E-state index contributed by atoms with van der Waals surface area (Å²) in [5, 5.41) is 18.8. The highest BCUT2D eigenvalue weighted by atomic mass is 16.5. The number of nitrogens with zero attached hydrogens (tertiary/aromatic N) is 5. The van der Waals surface area contributed by atoms with Crippen molar-refractivity contribution in [3.05, 3.63) is 76.3 Å². The molecule has 0 spiro atoms. The number of aromatic nitrogens is 3. The van der Waals surface area contributed by atoms with Crippen LogP contribution in [0.1, 0.15) is 31.9 Å². The largest absolute Gasteiger partial charge is 0.439 e. The molecule has 2 aromatic carbocycles. The van der Waals surface area contributed by atoms with Crippen LogP contribution in [-0.2, 0) is 13.6 Å². The number of hydrogen-bond acceptors (Lipinski definition) is 5. The molecule has 0 amide bonds. The number of ether oxygens (including phenoxy) is 1. The van der Waals surface area contributed by atoms with Crippen molar-refractivity contribution < 1.29 is 4.74 Å². The van der Waals surface area contributed by atoms with E-state index in [-0.39, 0.29) is 11.1 Å². The fourth-order valence-corrected chi connectivity index (χ4v) is 3.78. The average Bonchev–Trinajstić information content (AvgIpc) is 3.02. The Morgan fingerprint density at radius 2 is 1.79 bits per heavy atom. The first-order valence-corrected chi connectivity index (χ1v) is 10.5. The number of aryl methyl sites for hydroxylation is 1. The van der Waals surface area contributed by atoms with E-state index in [0.717, 1.165) is 16.6 Å². The molecule has 33 heavy (non-hydrogen) atoms. The quantitative estimate of drug-likeness (QED) is 0.448. The molecule has 4 rings (SSSR count). The smallest absolute Gasteiger partial charge is 0.328 e. The summed E-state index contributed by atoms with van der Waals surface area (Å²) < 4.78 is 9.26. The van der Waals surface area contributed by atoms with Crippen LogP contribution in [0.3, 0.4) is 0 Å². The zero-order chi connectivity index (χ0) is 23.8. The highest BCUT2D eigenvalue weighted by molar-refractivity contribution is 5.84. The van der Waals surface area contributed by atoms with Crippen LogP contribution in [0.5, 0.6) is 11.6 Å². The molecular formula is C26H23N5O2. The van der Waals surface area contributed by atoms with Crippen LogP contribution in [0.4, 0.5) is 0 Å². The minimum absolute atomic E-state index is 0.0483. The van der Waals surface area contributed by atoms with Crippen molar-refractivity contribution in [2.45, 2.75) is 27.3 Å². The Bertz CT molecular complexity index is 1510. The number of fused-ring (bicyclic) bond motifs is 1. The highest BCUT2D eigenvalue weighted by Crippen LogP contribution is 2.32. The molecule has 0 saturated heterocycles. The third-order valence-corrected chi connectivity index (χ3v) is 5.29. The molecule has 164 valence electrons. The van der Waals surface area contributed by atoms with Gasteiger partial charge in [0.1, 0.15) is 5.75 Å². The maximum Gasteiger partial charge on any atom is 0.328 e. The summed E-state index contributed by atoms with van der Waals surface area (Å²) in [6, 6.07) is 18.3. The van der Waals surface area contributed by atoms with E-state index in [2.05, 4.69) is 37.9 Å². The Morgan fingerprint density at radius 1 is 1.00 bits per heavy atom. The summed E-state index contributed by atoms with van der Waals surface area (Å²) in [7, 11) is 1.76. The van der Waals surface area contributed by atoms with E-state index in [1.165, 1.54) is 6.20 Å². The molecule has 0 aliphatic heterocycles. The van der Waals surface area contributed by atoms with E-state index in [4.69, 9.17) is 10.00 Å². The maximum atomic E-state index is 12.9. The summed E-state index contributed by atoms with van der Waals surface area (Å²) in [6.07, 6.45) is 1.51. The van der Waals surface area contributed by atoms with E-state index in [9.17, 15) is 10.1 Å². The minimum atomic E-state index is -0.0712. The number of nitriles is 2. The molecule has 0 radical (unpaired) electrons. The molecule has 0 atom stereocenters. The molecule has 0 N–H and O–H groups in total. The van der Waals surface area contributed by atoms with Gasteiger partial charge in [-0.2, -0.15) is 10.5 Å². The van der Waals surface area contributed by atoms with Gasteiger partial charge in [0.15, 0.2) is 0 Å². The summed E-state index contributed by atoms with van der Waals surface area (Å²) in [4.78, 5) is 17.0. The fraction of sp³-hybridized carbons (Fsp3) is 0.231. The van der Waals surface area contributed by atoms with Crippen molar-refractivity contribution >= 4 is 11.0 Å². The van der Waals surface area contributed by atoms with Crippen molar-refractivity contribution in [1.82, 2.24) is 14.1 Å².